The zero-order valence-electron chi connectivity index (χ0n) is 8.56. The third kappa shape index (κ3) is 3.10. The largest absolute Gasteiger partial charge is 0.337 e. The van der Waals surface area contributed by atoms with Gasteiger partial charge in [0.2, 0.25) is 0 Å². The number of aromatic nitrogens is 2. The predicted octanol–water partition coefficient (Wildman–Crippen LogP) is 4.12. The average Bonchev–Trinajstić information content (AvgIpc) is 2.30. The Labute approximate surface area is 106 Å². The molecule has 0 unspecified atom stereocenters. The van der Waals surface area contributed by atoms with Crippen molar-refractivity contribution in [1.82, 2.24) is 9.97 Å². The smallest absolute Gasteiger partial charge is 0.288 e. The molecule has 0 aliphatic rings. The van der Waals surface area contributed by atoms with E-state index in [1.165, 1.54) is 6.33 Å². The summed E-state index contributed by atoms with van der Waals surface area (Å²) in [6.07, 6.45) is 3.15. The molecule has 0 aliphatic heterocycles. The lowest BCUT2D eigenvalue weighted by atomic mass is 10.1. The molecule has 1 N–H and O–H groups in total. The fourth-order valence-corrected chi connectivity index (χ4v) is 2.09. The molecule has 2 rings (SSSR count). The van der Waals surface area contributed by atoms with E-state index in [0.29, 0.717) is 21.3 Å². The van der Waals surface area contributed by atoms with Gasteiger partial charge < -0.3 is 4.98 Å². The number of rotatable bonds is 3. The summed E-state index contributed by atoms with van der Waals surface area (Å²) < 4.78 is 24.9. The maximum absolute atomic E-state index is 12.1. The van der Waals surface area contributed by atoms with Gasteiger partial charge in [0, 0.05) is 16.7 Å². The third-order valence-electron chi connectivity index (χ3n) is 2.11. The molecule has 0 amide bonds. The molecule has 6 heteroatoms. The molecule has 1 heterocycles. The number of alkyl halides is 2. The monoisotopic (exact) mass is 270 g/mol. The van der Waals surface area contributed by atoms with E-state index in [-0.39, 0.29) is 0 Å². The maximum atomic E-state index is 12.1. The number of halogens is 2. The highest BCUT2D eigenvalue weighted by molar-refractivity contribution is 7.99. The van der Waals surface area contributed by atoms with Crippen LogP contribution < -0.4 is 0 Å². The molecular formula is C11H8F2N2S2. The molecule has 2 nitrogen and oxygen atoms in total. The first-order valence-electron chi connectivity index (χ1n) is 4.75. The van der Waals surface area contributed by atoms with Crippen molar-refractivity contribution in [2.45, 2.75) is 10.7 Å². The third-order valence-corrected chi connectivity index (χ3v) is 3.17. The molecule has 88 valence electrons. The predicted molar refractivity (Wildman–Crippen MR) is 66.7 cm³/mol. The van der Waals surface area contributed by atoms with Crippen LogP contribution in [0.4, 0.5) is 8.78 Å². The molecule has 0 saturated carbocycles. The summed E-state index contributed by atoms with van der Waals surface area (Å²) in [5, 5.41) is 0. The molecule has 0 aliphatic carbocycles. The van der Waals surface area contributed by atoms with Gasteiger partial charge in [-0.2, -0.15) is 8.78 Å². The zero-order chi connectivity index (χ0) is 12.3. The van der Waals surface area contributed by atoms with Crippen LogP contribution in [0.15, 0.2) is 41.7 Å². The van der Waals surface area contributed by atoms with Crippen LogP contribution in [-0.2, 0) is 0 Å². The number of hydrogen-bond acceptors (Lipinski definition) is 3. The van der Waals surface area contributed by atoms with Gasteiger partial charge in [-0.3, -0.25) is 0 Å². The van der Waals surface area contributed by atoms with Crippen molar-refractivity contribution in [2.75, 3.05) is 0 Å². The first kappa shape index (κ1) is 12.2. The van der Waals surface area contributed by atoms with Gasteiger partial charge in [0.25, 0.3) is 5.76 Å². The van der Waals surface area contributed by atoms with Crippen LogP contribution >= 0.6 is 24.0 Å². The minimum absolute atomic E-state index is 0.524. The summed E-state index contributed by atoms with van der Waals surface area (Å²) in [5.41, 5.74) is 1.65. The van der Waals surface area contributed by atoms with E-state index in [0.717, 1.165) is 11.1 Å². The molecule has 0 spiro atoms. The van der Waals surface area contributed by atoms with E-state index in [9.17, 15) is 8.78 Å². The van der Waals surface area contributed by atoms with Gasteiger partial charge in [-0.05, 0) is 17.7 Å². The summed E-state index contributed by atoms with van der Waals surface area (Å²) in [5.74, 6) is -2.40. The van der Waals surface area contributed by atoms with Crippen molar-refractivity contribution in [3.05, 3.63) is 41.4 Å². The average molecular weight is 270 g/mol. The fraction of sp³-hybridized carbons (Fsp3) is 0.0909. The second-order valence-corrected chi connectivity index (χ2v) is 4.67. The van der Waals surface area contributed by atoms with Crippen LogP contribution in [0, 0.1) is 4.64 Å². The van der Waals surface area contributed by atoms with Crippen molar-refractivity contribution < 1.29 is 8.78 Å². The maximum Gasteiger partial charge on any atom is 0.288 e. The highest BCUT2D eigenvalue weighted by Gasteiger charge is 2.06. The standard InChI is InChI=1S/C11H8F2N2S2/c12-11(13)17-8-3-1-7(2-4-8)9-5-14-6-15-10(9)16/h1-6,11H,(H,14,15,16). The summed E-state index contributed by atoms with van der Waals surface area (Å²) in [6, 6.07) is 6.80. The lowest BCUT2D eigenvalue weighted by Gasteiger charge is -2.03. The topological polar surface area (TPSA) is 28.7 Å². The molecule has 0 atom stereocenters. The van der Waals surface area contributed by atoms with Gasteiger partial charge in [0.1, 0.15) is 4.64 Å². The van der Waals surface area contributed by atoms with Crippen LogP contribution in [0.1, 0.15) is 0 Å². The van der Waals surface area contributed by atoms with E-state index < -0.39 is 5.76 Å². The first-order chi connectivity index (χ1) is 8.16. The Bertz CT molecular complexity index is 552. The number of thioether (sulfide) groups is 1. The normalized spacial score (nSPS) is 10.8. The minimum Gasteiger partial charge on any atom is -0.337 e. The number of nitrogens with zero attached hydrogens (tertiary/aromatic N) is 1. The summed E-state index contributed by atoms with van der Waals surface area (Å²) in [6.45, 7) is 0. The zero-order valence-corrected chi connectivity index (χ0v) is 10.2. The van der Waals surface area contributed by atoms with E-state index >= 15 is 0 Å². The molecule has 1 aromatic carbocycles. The second kappa shape index (κ2) is 5.37. The van der Waals surface area contributed by atoms with Gasteiger partial charge >= 0.3 is 0 Å². The molecule has 0 bridgehead atoms. The SMILES string of the molecule is FC(F)Sc1ccc(-c2cnc[nH]c2=S)cc1. The number of nitrogens with one attached hydrogen (secondary N) is 1. The van der Waals surface area contributed by atoms with Gasteiger partial charge in [0.05, 0.1) is 6.33 Å². The lowest BCUT2D eigenvalue weighted by Crippen LogP contribution is -1.86. The highest BCUT2D eigenvalue weighted by Crippen LogP contribution is 2.27. The first-order valence-corrected chi connectivity index (χ1v) is 6.03. The highest BCUT2D eigenvalue weighted by atomic mass is 32.2. The Balaban J connectivity index is 2.30. The number of aromatic amines is 1. The molecular weight excluding hydrogens is 262 g/mol. The van der Waals surface area contributed by atoms with Crippen LogP contribution in [-0.4, -0.2) is 15.7 Å². The summed E-state index contributed by atoms with van der Waals surface area (Å²) in [4.78, 5) is 7.30. The van der Waals surface area contributed by atoms with Crippen molar-refractivity contribution in [1.29, 1.82) is 0 Å². The second-order valence-electron chi connectivity index (χ2n) is 3.20. The quantitative estimate of drug-likeness (QED) is 0.672. The lowest BCUT2D eigenvalue weighted by molar-refractivity contribution is 0.252. The molecule has 1 aromatic heterocycles. The number of hydrogen-bond donors (Lipinski definition) is 1. The van der Waals surface area contributed by atoms with Crippen LogP contribution in [0.2, 0.25) is 0 Å². The van der Waals surface area contributed by atoms with Crippen molar-refractivity contribution in [2.24, 2.45) is 0 Å². The molecule has 0 fully saturated rings. The molecule has 2 aromatic rings. The van der Waals surface area contributed by atoms with Gasteiger partial charge in [-0.15, -0.1) is 0 Å². The molecule has 0 saturated heterocycles. The van der Waals surface area contributed by atoms with E-state index in [4.69, 9.17) is 12.2 Å². The Morgan fingerprint density at radius 3 is 2.53 bits per heavy atom. The van der Waals surface area contributed by atoms with E-state index in [2.05, 4.69) is 9.97 Å². The fourth-order valence-electron chi connectivity index (χ4n) is 1.37. The summed E-state index contributed by atoms with van der Waals surface area (Å²) >= 11 is 5.64. The van der Waals surface area contributed by atoms with Crippen molar-refractivity contribution >= 4 is 24.0 Å². The molecule has 0 radical (unpaired) electrons. The van der Waals surface area contributed by atoms with Crippen molar-refractivity contribution in [3.8, 4) is 11.1 Å². The van der Waals surface area contributed by atoms with Crippen molar-refractivity contribution in [3.63, 3.8) is 0 Å². The Kier molecular flexibility index (Phi) is 3.86. The van der Waals surface area contributed by atoms with E-state index in [1.54, 1.807) is 30.5 Å². The summed E-state index contributed by atoms with van der Waals surface area (Å²) in [7, 11) is 0. The Morgan fingerprint density at radius 1 is 1.24 bits per heavy atom. The number of H-pyrrole nitrogens is 1. The number of benzene rings is 1. The van der Waals surface area contributed by atoms with Crippen LogP contribution in [0.25, 0.3) is 11.1 Å². The van der Waals surface area contributed by atoms with Crippen LogP contribution in [0.5, 0.6) is 0 Å². The Hall–Kier alpha value is -1.27. The van der Waals surface area contributed by atoms with Gasteiger partial charge in [-0.1, -0.05) is 36.1 Å². The van der Waals surface area contributed by atoms with Crippen LogP contribution in [0.3, 0.4) is 0 Å². The van der Waals surface area contributed by atoms with E-state index in [1.807, 2.05) is 0 Å². The van der Waals surface area contributed by atoms with Gasteiger partial charge in [0.15, 0.2) is 0 Å². The van der Waals surface area contributed by atoms with Gasteiger partial charge in [-0.25, -0.2) is 4.98 Å². The minimum atomic E-state index is -2.40. The Morgan fingerprint density at radius 2 is 1.94 bits per heavy atom. The molecule has 17 heavy (non-hydrogen) atoms.